The number of anilines is 1. The Bertz CT molecular complexity index is 727. The highest BCUT2D eigenvalue weighted by molar-refractivity contribution is 7.92. The molecule has 0 unspecified atom stereocenters. The summed E-state index contributed by atoms with van der Waals surface area (Å²) in [5.41, 5.74) is 1.02. The van der Waals surface area contributed by atoms with Crippen molar-refractivity contribution in [2.45, 2.75) is 50.3 Å². The quantitative estimate of drug-likeness (QED) is 0.710. The van der Waals surface area contributed by atoms with Crippen LogP contribution in [-0.4, -0.2) is 28.6 Å². The Morgan fingerprint density at radius 2 is 1.96 bits per heavy atom. The van der Waals surface area contributed by atoms with Crippen LogP contribution in [0.25, 0.3) is 0 Å². The highest BCUT2D eigenvalue weighted by Gasteiger charge is 2.17. The molecule has 1 aromatic carbocycles. The van der Waals surface area contributed by atoms with Crippen LogP contribution >= 0.6 is 0 Å². The number of hydrogen-bond acceptors (Lipinski definition) is 5. The monoisotopic (exact) mass is 337 g/mol. The number of tetrazole rings is 1. The fraction of sp³-hybridized carbons (Fsp3) is 0.533. The number of sulfonamides is 1. The van der Waals surface area contributed by atoms with E-state index < -0.39 is 10.0 Å². The topological polar surface area (TPSA) is 89.8 Å². The summed E-state index contributed by atoms with van der Waals surface area (Å²) >= 11 is 0. The minimum Gasteiger partial charge on any atom is -0.245 e. The van der Waals surface area contributed by atoms with Gasteiger partial charge in [-0.25, -0.2) is 13.1 Å². The first-order valence-corrected chi connectivity index (χ1v) is 9.35. The lowest BCUT2D eigenvalue weighted by molar-refractivity contribution is 0.600. The van der Waals surface area contributed by atoms with Gasteiger partial charge in [0.05, 0.1) is 11.9 Å². The van der Waals surface area contributed by atoms with E-state index in [0.717, 1.165) is 18.4 Å². The summed E-state index contributed by atoms with van der Waals surface area (Å²) in [5, 5.41) is 11.1. The lowest BCUT2D eigenvalue weighted by Crippen LogP contribution is -2.14. The Morgan fingerprint density at radius 3 is 2.65 bits per heavy atom. The molecule has 8 heteroatoms. The van der Waals surface area contributed by atoms with Gasteiger partial charge in [-0.1, -0.05) is 49.8 Å². The minimum absolute atomic E-state index is 0.0301. The van der Waals surface area contributed by atoms with E-state index in [1.165, 1.54) is 30.5 Å². The second-order valence-corrected chi connectivity index (χ2v) is 7.20. The Labute approximate surface area is 137 Å². The first kappa shape index (κ1) is 17.4. The highest BCUT2D eigenvalue weighted by atomic mass is 32.2. The molecule has 0 spiro atoms. The summed E-state index contributed by atoms with van der Waals surface area (Å²) in [4.78, 5) is 1.42. The summed E-state index contributed by atoms with van der Waals surface area (Å²) in [6.07, 6.45) is 6.83. The molecule has 23 heavy (non-hydrogen) atoms. The van der Waals surface area contributed by atoms with E-state index in [4.69, 9.17) is 0 Å². The predicted octanol–water partition coefficient (Wildman–Crippen LogP) is 2.52. The maximum absolute atomic E-state index is 12.4. The van der Waals surface area contributed by atoms with Crippen molar-refractivity contribution >= 4 is 16.0 Å². The van der Waals surface area contributed by atoms with Crippen LogP contribution in [0, 0.1) is 0 Å². The fourth-order valence-electron chi connectivity index (χ4n) is 2.30. The molecule has 0 saturated heterocycles. The lowest BCUT2D eigenvalue weighted by atomic mass is 10.1. The van der Waals surface area contributed by atoms with Gasteiger partial charge in [-0.05, 0) is 35.8 Å². The van der Waals surface area contributed by atoms with Crippen molar-refractivity contribution in [1.29, 1.82) is 0 Å². The number of aromatic nitrogens is 4. The number of nitrogens with one attached hydrogen (secondary N) is 1. The molecule has 1 heterocycles. The summed E-state index contributed by atoms with van der Waals surface area (Å²) in [7, 11) is -2.12. The van der Waals surface area contributed by atoms with Gasteiger partial charge in [0.2, 0.25) is 0 Å². The molecule has 126 valence electrons. The molecule has 0 atom stereocenters. The second-order valence-electron chi connectivity index (χ2n) is 5.52. The number of rotatable bonds is 9. The summed E-state index contributed by atoms with van der Waals surface area (Å²) < 4.78 is 27.0. The van der Waals surface area contributed by atoms with Crippen molar-refractivity contribution in [3.05, 3.63) is 29.8 Å². The minimum atomic E-state index is -3.69. The molecule has 0 aliphatic heterocycles. The molecule has 0 aliphatic carbocycles. The summed E-state index contributed by atoms with van der Waals surface area (Å²) in [6.45, 7) is 2.19. The lowest BCUT2D eigenvalue weighted by Gasteiger charge is -2.07. The van der Waals surface area contributed by atoms with Gasteiger partial charge >= 0.3 is 0 Å². The van der Waals surface area contributed by atoms with Crippen LogP contribution in [0.5, 0.6) is 0 Å². The van der Waals surface area contributed by atoms with Gasteiger partial charge in [0, 0.05) is 0 Å². The number of hydrogen-bond donors (Lipinski definition) is 1. The van der Waals surface area contributed by atoms with E-state index in [2.05, 4.69) is 27.1 Å². The maximum atomic E-state index is 12.4. The molecular formula is C15H23N5O2S. The third-order valence-electron chi connectivity index (χ3n) is 3.51. The van der Waals surface area contributed by atoms with Gasteiger partial charge in [0.1, 0.15) is 0 Å². The summed E-state index contributed by atoms with van der Waals surface area (Å²) in [5.74, 6) is -0.0301. The first-order chi connectivity index (χ1) is 11.0. The smallest absolute Gasteiger partial charge is 0.245 e. The van der Waals surface area contributed by atoms with Crippen LogP contribution in [0.4, 0.5) is 5.95 Å². The van der Waals surface area contributed by atoms with Crippen molar-refractivity contribution in [1.82, 2.24) is 20.2 Å². The second kappa shape index (κ2) is 8.05. The zero-order chi connectivity index (χ0) is 16.7. The predicted molar refractivity (Wildman–Crippen MR) is 88.5 cm³/mol. The molecule has 2 rings (SSSR count). The zero-order valence-electron chi connectivity index (χ0n) is 13.6. The van der Waals surface area contributed by atoms with E-state index in [1.807, 2.05) is 6.07 Å². The largest absolute Gasteiger partial charge is 0.277 e. The molecule has 1 N–H and O–H groups in total. The number of nitrogens with zero attached hydrogens (tertiary/aromatic N) is 4. The van der Waals surface area contributed by atoms with Crippen molar-refractivity contribution in [2.24, 2.45) is 7.05 Å². The number of benzene rings is 1. The number of aryl methyl sites for hydroxylation is 2. The average Bonchev–Trinajstić information content (AvgIpc) is 2.92. The van der Waals surface area contributed by atoms with Gasteiger partial charge in [-0.15, -0.1) is 5.10 Å². The molecule has 0 amide bonds. The van der Waals surface area contributed by atoms with E-state index in [-0.39, 0.29) is 10.8 Å². The van der Waals surface area contributed by atoms with Gasteiger partial charge < -0.3 is 0 Å². The SMILES string of the molecule is CCCCCCCc1cccc(S(=O)(=O)Nc2nnn(C)n2)c1. The Morgan fingerprint density at radius 1 is 1.17 bits per heavy atom. The van der Waals surface area contributed by atoms with Gasteiger partial charge in [-0.2, -0.15) is 4.80 Å². The van der Waals surface area contributed by atoms with E-state index in [0.29, 0.717) is 0 Å². The molecule has 1 aromatic heterocycles. The molecular weight excluding hydrogens is 314 g/mol. The van der Waals surface area contributed by atoms with Crippen LogP contribution in [0.2, 0.25) is 0 Å². The molecule has 7 nitrogen and oxygen atoms in total. The van der Waals surface area contributed by atoms with Crippen molar-refractivity contribution < 1.29 is 8.42 Å². The van der Waals surface area contributed by atoms with Crippen LogP contribution in [-0.2, 0) is 23.5 Å². The summed E-state index contributed by atoms with van der Waals surface area (Å²) in [6, 6.07) is 7.00. The Kier molecular flexibility index (Phi) is 6.09. The zero-order valence-corrected chi connectivity index (χ0v) is 14.4. The number of unbranched alkanes of at least 4 members (excludes halogenated alkanes) is 4. The van der Waals surface area contributed by atoms with E-state index in [1.54, 1.807) is 25.2 Å². The normalized spacial score (nSPS) is 11.6. The van der Waals surface area contributed by atoms with Crippen molar-refractivity contribution in [2.75, 3.05) is 4.72 Å². The van der Waals surface area contributed by atoms with Crippen molar-refractivity contribution in [3.63, 3.8) is 0 Å². The van der Waals surface area contributed by atoms with E-state index in [9.17, 15) is 8.42 Å². The molecule has 0 bridgehead atoms. The molecule has 2 aromatic rings. The van der Waals surface area contributed by atoms with Gasteiger partial charge in [-0.3, -0.25) is 0 Å². The Hall–Kier alpha value is -1.96. The first-order valence-electron chi connectivity index (χ1n) is 7.87. The Balaban J connectivity index is 2.00. The fourth-order valence-corrected chi connectivity index (χ4v) is 3.31. The van der Waals surface area contributed by atoms with Gasteiger partial charge in [0.15, 0.2) is 0 Å². The molecule has 0 saturated carbocycles. The molecule has 0 aliphatic rings. The van der Waals surface area contributed by atoms with Crippen LogP contribution < -0.4 is 4.72 Å². The van der Waals surface area contributed by atoms with Crippen LogP contribution in [0.1, 0.15) is 44.6 Å². The highest BCUT2D eigenvalue weighted by Crippen LogP contribution is 2.16. The van der Waals surface area contributed by atoms with Crippen LogP contribution in [0.15, 0.2) is 29.2 Å². The standard InChI is InChI=1S/C15H23N5O2S/c1-3-4-5-6-7-9-13-10-8-11-14(12-13)23(21,22)18-15-16-19-20(2)17-15/h8,10-12H,3-7,9H2,1-2H3,(H,17,18). The maximum Gasteiger partial charge on any atom is 0.277 e. The van der Waals surface area contributed by atoms with Crippen LogP contribution in [0.3, 0.4) is 0 Å². The van der Waals surface area contributed by atoms with Gasteiger partial charge in [0.25, 0.3) is 16.0 Å². The third kappa shape index (κ3) is 5.31. The van der Waals surface area contributed by atoms with E-state index >= 15 is 0 Å². The average molecular weight is 337 g/mol. The molecule has 0 fully saturated rings. The van der Waals surface area contributed by atoms with Crippen molar-refractivity contribution in [3.8, 4) is 0 Å². The third-order valence-corrected chi connectivity index (χ3v) is 4.84. The molecule has 0 radical (unpaired) electrons.